The van der Waals surface area contributed by atoms with Gasteiger partial charge in [0.15, 0.2) is 0 Å². The lowest BCUT2D eigenvalue weighted by Gasteiger charge is -2.34. The highest BCUT2D eigenvalue weighted by Crippen LogP contribution is 2.22. The van der Waals surface area contributed by atoms with Gasteiger partial charge in [-0.05, 0) is 61.9 Å². The molecule has 1 aliphatic heterocycles. The monoisotopic (exact) mass is 430 g/mol. The van der Waals surface area contributed by atoms with Crippen molar-refractivity contribution in [2.45, 2.75) is 31.0 Å². The number of carbonyl (C=O) groups excluding carboxylic acids is 1. The van der Waals surface area contributed by atoms with Crippen LogP contribution >= 0.6 is 0 Å². The molecule has 0 radical (unpaired) electrons. The molecule has 30 heavy (non-hydrogen) atoms. The second kappa shape index (κ2) is 9.42. The fourth-order valence-electron chi connectivity index (χ4n) is 3.29. The van der Waals surface area contributed by atoms with Gasteiger partial charge in [-0.2, -0.15) is 4.31 Å². The molecular weight excluding hydrogens is 404 g/mol. The number of amides is 1. The van der Waals surface area contributed by atoms with Crippen molar-refractivity contribution >= 4 is 27.7 Å². The first-order valence-corrected chi connectivity index (χ1v) is 11.1. The number of sulfonamides is 1. The highest BCUT2D eigenvalue weighted by molar-refractivity contribution is 7.89. The van der Waals surface area contributed by atoms with E-state index in [0.717, 1.165) is 5.56 Å². The summed E-state index contributed by atoms with van der Waals surface area (Å²) in [7, 11) is -2.03. The summed E-state index contributed by atoms with van der Waals surface area (Å²) < 4.78 is 38.0. The molecule has 0 bridgehead atoms. The Bertz CT molecular complexity index is 1010. The van der Waals surface area contributed by atoms with Crippen molar-refractivity contribution in [2.24, 2.45) is 0 Å². The van der Waals surface area contributed by atoms with E-state index in [1.165, 1.54) is 22.5 Å². The summed E-state index contributed by atoms with van der Waals surface area (Å²) in [6, 6.07) is 13.5. The first kappa shape index (κ1) is 22.0. The number of methoxy groups -OCH3 is 1. The number of hydrogen-bond donors (Lipinski definition) is 1. The van der Waals surface area contributed by atoms with E-state index in [0.29, 0.717) is 24.5 Å². The van der Waals surface area contributed by atoms with E-state index in [2.05, 4.69) is 5.32 Å². The Hall–Kier alpha value is -2.68. The molecule has 1 aliphatic rings. The van der Waals surface area contributed by atoms with Crippen molar-refractivity contribution in [2.75, 3.05) is 25.5 Å². The van der Waals surface area contributed by atoms with Crippen LogP contribution in [-0.2, 0) is 19.6 Å². The topological polar surface area (TPSA) is 84.9 Å². The lowest BCUT2D eigenvalue weighted by Crippen LogP contribution is -2.48. The zero-order valence-corrected chi connectivity index (χ0v) is 18.1. The number of hydrogen-bond acceptors (Lipinski definition) is 5. The highest BCUT2D eigenvalue weighted by Gasteiger charge is 2.32. The Morgan fingerprint density at radius 2 is 1.80 bits per heavy atom. The number of morpholine rings is 1. The summed E-state index contributed by atoms with van der Waals surface area (Å²) >= 11 is 0. The van der Waals surface area contributed by atoms with Crippen LogP contribution in [0.5, 0.6) is 5.75 Å². The van der Waals surface area contributed by atoms with Gasteiger partial charge in [-0.25, -0.2) is 8.42 Å². The minimum atomic E-state index is -3.61. The second-order valence-electron chi connectivity index (χ2n) is 7.20. The molecule has 0 aromatic heterocycles. The van der Waals surface area contributed by atoms with Crippen molar-refractivity contribution < 1.29 is 22.7 Å². The summed E-state index contributed by atoms with van der Waals surface area (Å²) in [6.07, 6.45) is 2.78. The van der Waals surface area contributed by atoms with E-state index >= 15 is 0 Å². The molecule has 8 heteroatoms. The van der Waals surface area contributed by atoms with Crippen molar-refractivity contribution in [3.8, 4) is 5.75 Å². The molecule has 1 heterocycles. The SMILES string of the molecule is COc1cccc(/C=C/C(=O)Nc2ccc(S(=O)(=O)N3CC(C)OC(C)C3)cc2)c1. The fraction of sp³-hybridized carbons (Fsp3) is 0.318. The second-order valence-corrected chi connectivity index (χ2v) is 9.14. The van der Waals surface area contributed by atoms with Crippen molar-refractivity contribution in [1.29, 1.82) is 0 Å². The quantitative estimate of drug-likeness (QED) is 0.712. The highest BCUT2D eigenvalue weighted by atomic mass is 32.2. The molecule has 0 aliphatic carbocycles. The summed E-state index contributed by atoms with van der Waals surface area (Å²) in [6.45, 7) is 4.35. The molecule has 2 unspecified atom stereocenters. The molecule has 3 rings (SSSR count). The van der Waals surface area contributed by atoms with Crippen LogP contribution < -0.4 is 10.1 Å². The third-order valence-corrected chi connectivity index (χ3v) is 6.51. The Balaban J connectivity index is 1.65. The van der Waals surface area contributed by atoms with Crippen molar-refractivity contribution in [1.82, 2.24) is 4.31 Å². The Kier molecular flexibility index (Phi) is 6.91. The van der Waals surface area contributed by atoms with Gasteiger partial charge in [0.2, 0.25) is 15.9 Å². The third-order valence-electron chi connectivity index (χ3n) is 4.67. The number of nitrogens with one attached hydrogen (secondary N) is 1. The molecule has 1 N–H and O–H groups in total. The van der Waals surface area contributed by atoms with Crippen LogP contribution in [0.2, 0.25) is 0 Å². The third kappa shape index (κ3) is 5.47. The van der Waals surface area contributed by atoms with Gasteiger partial charge in [0.1, 0.15) is 5.75 Å². The van der Waals surface area contributed by atoms with Gasteiger partial charge in [-0.15, -0.1) is 0 Å². The van der Waals surface area contributed by atoms with Gasteiger partial charge < -0.3 is 14.8 Å². The maximum atomic E-state index is 12.9. The molecule has 1 fully saturated rings. The van der Waals surface area contributed by atoms with Crippen LogP contribution in [-0.4, -0.2) is 51.0 Å². The Morgan fingerprint density at radius 3 is 2.43 bits per heavy atom. The fourth-order valence-corrected chi connectivity index (χ4v) is 4.88. The molecule has 7 nitrogen and oxygen atoms in total. The number of ether oxygens (including phenoxy) is 2. The summed E-state index contributed by atoms with van der Waals surface area (Å²) in [5, 5.41) is 2.73. The maximum Gasteiger partial charge on any atom is 0.248 e. The normalized spacial score (nSPS) is 20.2. The first-order valence-electron chi connectivity index (χ1n) is 9.67. The lowest BCUT2D eigenvalue weighted by atomic mass is 10.2. The van der Waals surface area contributed by atoms with Gasteiger partial charge >= 0.3 is 0 Å². The van der Waals surface area contributed by atoms with Crippen LogP contribution in [0.3, 0.4) is 0 Å². The zero-order valence-electron chi connectivity index (χ0n) is 17.2. The molecule has 1 saturated heterocycles. The molecule has 2 atom stereocenters. The van der Waals surface area contributed by atoms with Gasteiger partial charge in [-0.3, -0.25) is 4.79 Å². The Morgan fingerprint density at radius 1 is 1.13 bits per heavy atom. The summed E-state index contributed by atoms with van der Waals surface area (Å²) in [5.41, 5.74) is 1.35. The van der Waals surface area contributed by atoms with E-state index in [1.807, 2.05) is 38.1 Å². The van der Waals surface area contributed by atoms with Crippen LogP contribution in [0, 0.1) is 0 Å². The molecule has 0 saturated carbocycles. The number of anilines is 1. The van der Waals surface area contributed by atoms with Crippen LogP contribution in [0.15, 0.2) is 59.5 Å². The number of nitrogens with zero attached hydrogens (tertiary/aromatic N) is 1. The van der Waals surface area contributed by atoms with Gasteiger partial charge in [0.05, 0.1) is 24.2 Å². The van der Waals surface area contributed by atoms with Gasteiger partial charge in [0, 0.05) is 24.9 Å². The van der Waals surface area contributed by atoms with Crippen LogP contribution in [0.1, 0.15) is 19.4 Å². The van der Waals surface area contributed by atoms with E-state index in [4.69, 9.17) is 9.47 Å². The molecule has 160 valence electrons. The Labute approximate surface area is 177 Å². The van der Waals surface area contributed by atoms with E-state index < -0.39 is 10.0 Å². The summed E-state index contributed by atoms with van der Waals surface area (Å²) in [5.74, 6) is 0.391. The minimum Gasteiger partial charge on any atom is -0.497 e. The van der Waals surface area contributed by atoms with Crippen molar-refractivity contribution in [3.63, 3.8) is 0 Å². The standard InChI is InChI=1S/C22H26N2O5S/c1-16-14-24(15-17(2)29-16)30(26,27)21-10-8-19(9-11-21)23-22(25)12-7-18-5-4-6-20(13-18)28-3/h4-13,16-17H,14-15H2,1-3H3,(H,23,25)/b12-7+. The molecular formula is C22H26N2O5S. The largest absolute Gasteiger partial charge is 0.497 e. The molecule has 2 aromatic rings. The van der Waals surface area contributed by atoms with Gasteiger partial charge in [-0.1, -0.05) is 12.1 Å². The zero-order chi connectivity index (χ0) is 21.7. The number of benzene rings is 2. The molecule has 2 aromatic carbocycles. The van der Waals surface area contributed by atoms with E-state index in [-0.39, 0.29) is 23.0 Å². The number of rotatable bonds is 6. The molecule has 1 amide bonds. The smallest absolute Gasteiger partial charge is 0.248 e. The number of carbonyl (C=O) groups is 1. The average molecular weight is 431 g/mol. The predicted octanol–water partition coefficient (Wildman–Crippen LogP) is 3.15. The minimum absolute atomic E-state index is 0.154. The van der Waals surface area contributed by atoms with Crippen LogP contribution in [0.25, 0.3) is 6.08 Å². The van der Waals surface area contributed by atoms with Crippen molar-refractivity contribution in [3.05, 3.63) is 60.2 Å². The van der Waals surface area contributed by atoms with E-state index in [9.17, 15) is 13.2 Å². The lowest BCUT2D eigenvalue weighted by molar-refractivity contribution is -0.111. The first-order chi connectivity index (χ1) is 14.3. The predicted molar refractivity (Wildman–Crippen MR) is 116 cm³/mol. The van der Waals surface area contributed by atoms with Gasteiger partial charge in [0.25, 0.3) is 0 Å². The van der Waals surface area contributed by atoms with Crippen LogP contribution in [0.4, 0.5) is 5.69 Å². The maximum absolute atomic E-state index is 12.9. The van der Waals surface area contributed by atoms with E-state index in [1.54, 1.807) is 25.3 Å². The molecule has 0 spiro atoms. The summed E-state index contributed by atoms with van der Waals surface area (Å²) in [4.78, 5) is 12.4. The average Bonchev–Trinajstić information content (AvgIpc) is 2.72.